The fourth-order valence-corrected chi connectivity index (χ4v) is 3.77. The predicted molar refractivity (Wildman–Crippen MR) is 113 cm³/mol. The van der Waals surface area contributed by atoms with Crippen molar-refractivity contribution in [2.45, 2.75) is 31.7 Å². The standard InChI is InChI=1S/C21H20N4O3S/c1-13(2)25(11-18-22-15-8-4-3-7-14(15)20(27)24-18)19(26)12-29-21-23-16-9-5-6-10-17(16)28-21/h3-10,13H,11-12H2,1-2H3,(H,22,24,27). The van der Waals surface area contributed by atoms with E-state index in [1.54, 1.807) is 23.1 Å². The maximum atomic E-state index is 12.8. The monoisotopic (exact) mass is 408 g/mol. The second-order valence-electron chi connectivity index (χ2n) is 6.88. The summed E-state index contributed by atoms with van der Waals surface area (Å²) >= 11 is 1.25. The van der Waals surface area contributed by atoms with Gasteiger partial charge in [-0.1, -0.05) is 36.0 Å². The Bertz CT molecular complexity index is 1200. The summed E-state index contributed by atoms with van der Waals surface area (Å²) in [6, 6.07) is 14.6. The van der Waals surface area contributed by atoms with Gasteiger partial charge in [0.05, 0.1) is 23.2 Å². The second kappa shape index (κ2) is 8.08. The van der Waals surface area contributed by atoms with Crippen molar-refractivity contribution in [3.63, 3.8) is 0 Å². The Balaban J connectivity index is 1.49. The van der Waals surface area contributed by atoms with E-state index in [1.165, 1.54) is 11.8 Å². The molecule has 29 heavy (non-hydrogen) atoms. The van der Waals surface area contributed by atoms with Crippen LogP contribution >= 0.6 is 11.8 Å². The van der Waals surface area contributed by atoms with Crippen LogP contribution in [0.15, 0.2) is 63.0 Å². The molecule has 0 fully saturated rings. The number of hydrogen-bond donors (Lipinski definition) is 1. The lowest BCUT2D eigenvalue weighted by Crippen LogP contribution is -2.38. The Morgan fingerprint density at radius 3 is 2.59 bits per heavy atom. The fraction of sp³-hybridized carbons (Fsp3) is 0.238. The molecule has 2 heterocycles. The molecule has 7 nitrogen and oxygen atoms in total. The number of benzene rings is 2. The van der Waals surface area contributed by atoms with Crippen molar-refractivity contribution in [2.75, 3.05) is 5.75 Å². The van der Waals surface area contributed by atoms with Crippen LogP contribution in [0.1, 0.15) is 19.7 Å². The number of rotatable bonds is 6. The molecule has 148 valence electrons. The van der Waals surface area contributed by atoms with Gasteiger partial charge in [-0.15, -0.1) is 0 Å². The van der Waals surface area contributed by atoms with Crippen molar-refractivity contribution in [3.05, 3.63) is 64.7 Å². The van der Waals surface area contributed by atoms with Gasteiger partial charge in [-0.25, -0.2) is 9.97 Å². The molecule has 0 radical (unpaired) electrons. The summed E-state index contributed by atoms with van der Waals surface area (Å²) < 4.78 is 5.66. The Morgan fingerprint density at radius 2 is 1.83 bits per heavy atom. The van der Waals surface area contributed by atoms with E-state index in [1.807, 2.05) is 44.2 Å². The highest BCUT2D eigenvalue weighted by atomic mass is 32.2. The van der Waals surface area contributed by atoms with E-state index in [-0.39, 0.29) is 29.8 Å². The number of oxazole rings is 1. The molecule has 1 amide bonds. The minimum absolute atomic E-state index is 0.0523. The van der Waals surface area contributed by atoms with Gasteiger partial charge < -0.3 is 14.3 Å². The van der Waals surface area contributed by atoms with E-state index in [2.05, 4.69) is 15.0 Å². The van der Waals surface area contributed by atoms with Gasteiger partial charge in [0.1, 0.15) is 11.3 Å². The summed E-state index contributed by atoms with van der Waals surface area (Å²) in [5.41, 5.74) is 1.87. The number of aromatic amines is 1. The summed E-state index contributed by atoms with van der Waals surface area (Å²) in [6.45, 7) is 4.09. The third kappa shape index (κ3) is 4.17. The molecule has 0 aliphatic carbocycles. The van der Waals surface area contributed by atoms with Crippen molar-refractivity contribution >= 4 is 39.7 Å². The van der Waals surface area contributed by atoms with Crippen molar-refractivity contribution in [1.29, 1.82) is 0 Å². The van der Waals surface area contributed by atoms with Crippen LogP contribution < -0.4 is 5.56 Å². The summed E-state index contributed by atoms with van der Waals surface area (Å²) in [7, 11) is 0. The number of nitrogens with zero attached hydrogens (tertiary/aromatic N) is 3. The van der Waals surface area contributed by atoms with Crippen LogP contribution in [-0.2, 0) is 11.3 Å². The average Bonchev–Trinajstić information content (AvgIpc) is 3.13. The van der Waals surface area contributed by atoms with E-state index >= 15 is 0 Å². The number of amides is 1. The number of hydrogen-bond acceptors (Lipinski definition) is 6. The number of thioether (sulfide) groups is 1. The summed E-state index contributed by atoms with van der Waals surface area (Å²) in [6.07, 6.45) is 0. The van der Waals surface area contributed by atoms with Crippen LogP contribution in [0.3, 0.4) is 0 Å². The quantitative estimate of drug-likeness (QED) is 0.490. The van der Waals surface area contributed by atoms with Crippen molar-refractivity contribution in [3.8, 4) is 0 Å². The largest absolute Gasteiger partial charge is 0.431 e. The van der Waals surface area contributed by atoms with Crippen molar-refractivity contribution < 1.29 is 9.21 Å². The van der Waals surface area contributed by atoms with E-state index in [0.29, 0.717) is 27.5 Å². The van der Waals surface area contributed by atoms with Crippen molar-refractivity contribution in [1.82, 2.24) is 19.9 Å². The smallest absolute Gasteiger partial charge is 0.258 e. The lowest BCUT2D eigenvalue weighted by atomic mass is 10.2. The molecule has 0 atom stereocenters. The van der Waals surface area contributed by atoms with Gasteiger partial charge in [0.2, 0.25) is 5.91 Å². The van der Waals surface area contributed by atoms with Gasteiger partial charge in [0, 0.05) is 6.04 Å². The molecule has 0 spiro atoms. The van der Waals surface area contributed by atoms with Gasteiger partial charge in [-0.3, -0.25) is 9.59 Å². The SMILES string of the molecule is CC(C)N(Cc1nc2ccccc2c(=O)[nH]1)C(=O)CSc1nc2ccccc2o1. The maximum Gasteiger partial charge on any atom is 0.258 e. The third-order valence-electron chi connectivity index (χ3n) is 4.52. The van der Waals surface area contributed by atoms with Crippen LogP contribution in [0.2, 0.25) is 0 Å². The lowest BCUT2D eigenvalue weighted by molar-refractivity contribution is -0.130. The normalized spacial score (nSPS) is 11.4. The molecular formula is C21H20N4O3S. The van der Waals surface area contributed by atoms with E-state index < -0.39 is 0 Å². The van der Waals surface area contributed by atoms with Gasteiger partial charge in [-0.2, -0.15) is 0 Å². The topological polar surface area (TPSA) is 92.1 Å². The Kier molecular flexibility index (Phi) is 5.35. The number of fused-ring (bicyclic) bond motifs is 2. The summed E-state index contributed by atoms with van der Waals surface area (Å²) in [5, 5.41) is 0.991. The van der Waals surface area contributed by atoms with Gasteiger partial charge >= 0.3 is 0 Å². The Morgan fingerprint density at radius 1 is 1.10 bits per heavy atom. The first-order valence-corrected chi connectivity index (χ1v) is 10.3. The molecule has 4 rings (SSSR count). The Labute approximate surface area is 171 Å². The maximum absolute atomic E-state index is 12.8. The molecule has 1 N–H and O–H groups in total. The van der Waals surface area contributed by atoms with Crippen LogP contribution in [-0.4, -0.2) is 37.6 Å². The van der Waals surface area contributed by atoms with Crippen molar-refractivity contribution in [2.24, 2.45) is 0 Å². The zero-order valence-corrected chi connectivity index (χ0v) is 16.9. The number of aromatic nitrogens is 3. The molecular weight excluding hydrogens is 388 g/mol. The molecule has 0 unspecified atom stereocenters. The van der Waals surface area contributed by atoms with E-state index in [0.717, 1.165) is 5.52 Å². The average molecular weight is 408 g/mol. The molecule has 0 aliphatic rings. The van der Waals surface area contributed by atoms with Gasteiger partial charge in [-0.05, 0) is 38.1 Å². The molecule has 8 heteroatoms. The van der Waals surface area contributed by atoms with E-state index in [4.69, 9.17) is 4.42 Å². The van der Waals surface area contributed by atoms with E-state index in [9.17, 15) is 9.59 Å². The van der Waals surface area contributed by atoms with Crippen LogP contribution in [0.5, 0.6) is 0 Å². The van der Waals surface area contributed by atoms with Crippen LogP contribution in [0.4, 0.5) is 0 Å². The molecule has 0 aliphatic heterocycles. The predicted octanol–water partition coefficient (Wildman–Crippen LogP) is 3.59. The molecule has 0 saturated heterocycles. The first-order valence-electron chi connectivity index (χ1n) is 9.27. The number of carbonyl (C=O) groups excluding carboxylic acids is 1. The first kappa shape index (κ1) is 19.2. The van der Waals surface area contributed by atoms with Crippen LogP contribution in [0, 0.1) is 0 Å². The minimum Gasteiger partial charge on any atom is -0.431 e. The van der Waals surface area contributed by atoms with Crippen LogP contribution in [0.25, 0.3) is 22.0 Å². The highest BCUT2D eigenvalue weighted by Crippen LogP contribution is 2.23. The molecule has 2 aromatic carbocycles. The highest BCUT2D eigenvalue weighted by Gasteiger charge is 2.20. The summed E-state index contributed by atoms with van der Waals surface area (Å²) in [5.74, 6) is 0.564. The molecule has 0 saturated carbocycles. The summed E-state index contributed by atoms with van der Waals surface area (Å²) in [4.78, 5) is 38.5. The molecule has 4 aromatic rings. The highest BCUT2D eigenvalue weighted by molar-refractivity contribution is 7.99. The fourth-order valence-electron chi connectivity index (χ4n) is 3.05. The minimum atomic E-state index is -0.206. The second-order valence-corrected chi connectivity index (χ2v) is 7.81. The zero-order valence-electron chi connectivity index (χ0n) is 16.1. The first-order chi connectivity index (χ1) is 14.0. The third-order valence-corrected chi connectivity index (χ3v) is 5.33. The lowest BCUT2D eigenvalue weighted by Gasteiger charge is -2.26. The number of carbonyl (C=O) groups is 1. The zero-order chi connectivity index (χ0) is 20.4. The Hall–Kier alpha value is -3.13. The number of nitrogens with one attached hydrogen (secondary N) is 1. The molecule has 2 aromatic heterocycles. The van der Waals surface area contributed by atoms with Gasteiger partial charge in [0.25, 0.3) is 10.8 Å². The number of H-pyrrole nitrogens is 1. The number of para-hydroxylation sites is 3. The molecule has 0 bridgehead atoms. The van der Waals surface area contributed by atoms with Gasteiger partial charge in [0.15, 0.2) is 5.58 Å².